The van der Waals surface area contributed by atoms with Gasteiger partial charge in [0, 0.05) is 19.3 Å². The molecule has 0 rings (SSSR count). The minimum Gasteiger partial charge on any atom is -0.462 e. The number of allylic oxidation sites excluding steroid dienone is 22. The van der Waals surface area contributed by atoms with Gasteiger partial charge in [0.15, 0.2) is 6.10 Å². The fourth-order valence-corrected chi connectivity index (χ4v) is 8.24. The Balaban J connectivity index is 4.24. The molecule has 1 unspecified atom stereocenters. The van der Waals surface area contributed by atoms with Gasteiger partial charge in [0.1, 0.15) is 13.2 Å². The second kappa shape index (κ2) is 63.1. The quantitative estimate of drug-likeness (QED) is 0.0261. The lowest BCUT2D eigenvalue weighted by Crippen LogP contribution is -2.30. The highest BCUT2D eigenvalue weighted by molar-refractivity contribution is 5.71. The number of ether oxygens (including phenoxy) is 3. The molecule has 0 heterocycles. The molecule has 0 spiro atoms. The Morgan fingerprint density at radius 3 is 0.868 bits per heavy atom. The van der Waals surface area contributed by atoms with Gasteiger partial charge in [-0.05, 0) is 116 Å². The third-order valence-corrected chi connectivity index (χ3v) is 12.9. The molecule has 0 saturated heterocycles. The molecular formula is C70H114O6. The van der Waals surface area contributed by atoms with Crippen molar-refractivity contribution in [2.45, 2.75) is 277 Å². The Morgan fingerprint density at radius 2 is 0.539 bits per heavy atom. The Morgan fingerprint density at radius 1 is 0.276 bits per heavy atom. The van der Waals surface area contributed by atoms with Crippen LogP contribution in [0.5, 0.6) is 0 Å². The van der Waals surface area contributed by atoms with Crippen molar-refractivity contribution >= 4 is 17.9 Å². The SMILES string of the molecule is CC/C=C\C/C=C\C/C=C\C/C=C\C/C=C\C/C=C\C/C=C\C/C=C\C/C=C\C/C=C\CCCCCCC(=O)OCC(COC(=O)CCCCCCC/C=C\CCC)OC(=O)CCCCCCCCCCCCCCC. The number of carbonyl (C=O) groups is 3. The van der Waals surface area contributed by atoms with Crippen molar-refractivity contribution in [2.24, 2.45) is 0 Å². The summed E-state index contributed by atoms with van der Waals surface area (Å²) in [6.07, 6.45) is 89.0. The summed E-state index contributed by atoms with van der Waals surface area (Å²) in [4.78, 5) is 38.1. The van der Waals surface area contributed by atoms with Crippen LogP contribution < -0.4 is 0 Å². The maximum absolute atomic E-state index is 12.8. The molecule has 0 radical (unpaired) electrons. The van der Waals surface area contributed by atoms with Crippen molar-refractivity contribution in [2.75, 3.05) is 13.2 Å². The molecule has 6 heteroatoms. The van der Waals surface area contributed by atoms with Crippen LogP contribution in [0.25, 0.3) is 0 Å². The van der Waals surface area contributed by atoms with Crippen LogP contribution in [0.4, 0.5) is 0 Å². The lowest BCUT2D eigenvalue weighted by Gasteiger charge is -2.18. The number of hydrogen-bond acceptors (Lipinski definition) is 6. The maximum Gasteiger partial charge on any atom is 0.306 e. The fraction of sp³-hybridized carbons (Fsp3) is 0.643. The van der Waals surface area contributed by atoms with Gasteiger partial charge in [0.05, 0.1) is 0 Å². The van der Waals surface area contributed by atoms with E-state index >= 15 is 0 Å². The summed E-state index contributed by atoms with van der Waals surface area (Å²) < 4.78 is 16.8. The van der Waals surface area contributed by atoms with Gasteiger partial charge in [-0.2, -0.15) is 0 Å². The molecule has 0 aliphatic heterocycles. The molecule has 0 aromatic heterocycles. The van der Waals surface area contributed by atoms with E-state index in [-0.39, 0.29) is 31.1 Å². The zero-order valence-electron chi connectivity index (χ0n) is 49.2. The highest BCUT2D eigenvalue weighted by atomic mass is 16.6. The van der Waals surface area contributed by atoms with Crippen LogP contribution >= 0.6 is 0 Å². The van der Waals surface area contributed by atoms with E-state index in [1.165, 1.54) is 77.0 Å². The average Bonchev–Trinajstić information content (AvgIpc) is 3.42. The first-order valence-corrected chi connectivity index (χ1v) is 31.2. The highest BCUT2D eigenvalue weighted by Gasteiger charge is 2.19. The van der Waals surface area contributed by atoms with Gasteiger partial charge in [-0.3, -0.25) is 14.4 Å². The van der Waals surface area contributed by atoms with Gasteiger partial charge < -0.3 is 14.2 Å². The molecule has 0 fully saturated rings. The molecule has 430 valence electrons. The molecule has 0 aromatic carbocycles. The summed E-state index contributed by atoms with van der Waals surface area (Å²) in [5, 5.41) is 0. The van der Waals surface area contributed by atoms with E-state index in [1.54, 1.807) is 0 Å². The summed E-state index contributed by atoms with van der Waals surface area (Å²) in [6, 6.07) is 0. The minimum atomic E-state index is -0.792. The van der Waals surface area contributed by atoms with Gasteiger partial charge in [-0.15, -0.1) is 0 Å². The first-order chi connectivity index (χ1) is 37.5. The van der Waals surface area contributed by atoms with Crippen LogP contribution in [0.3, 0.4) is 0 Å². The summed E-state index contributed by atoms with van der Waals surface area (Å²) >= 11 is 0. The van der Waals surface area contributed by atoms with E-state index < -0.39 is 6.10 Å². The average molecular weight is 1050 g/mol. The zero-order valence-corrected chi connectivity index (χ0v) is 49.2. The largest absolute Gasteiger partial charge is 0.462 e. The smallest absolute Gasteiger partial charge is 0.306 e. The summed E-state index contributed by atoms with van der Waals surface area (Å²) in [5.74, 6) is -0.927. The summed E-state index contributed by atoms with van der Waals surface area (Å²) in [5.41, 5.74) is 0. The maximum atomic E-state index is 12.8. The predicted molar refractivity (Wildman–Crippen MR) is 329 cm³/mol. The third kappa shape index (κ3) is 60.4. The Kier molecular flexibility index (Phi) is 59.4. The van der Waals surface area contributed by atoms with Crippen LogP contribution in [0.15, 0.2) is 134 Å². The van der Waals surface area contributed by atoms with E-state index in [0.29, 0.717) is 19.3 Å². The number of hydrogen-bond donors (Lipinski definition) is 0. The van der Waals surface area contributed by atoms with Crippen molar-refractivity contribution in [3.05, 3.63) is 134 Å². The number of rotatable bonds is 55. The molecule has 0 saturated carbocycles. The molecular weight excluding hydrogens is 937 g/mol. The summed E-state index contributed by atoms with van der Waals surface area (Å²) in [6.45, 7) is 6.43. The van der Waals surface area contributed by atoms with Crippen molar-refractivity contribution in [1.82, 2.24) is 0 Å². The van der Waals surface area contributed by atoms with Crippen molar-refractivity contribution in [3.63, 3.8) is 0 Å². The molecule has 1 atom stereocenters. The van der Waals surface area contributed by atoms with Gasteiger partial charge in [0.25, 0.3) is 0 Å². The molecule has 0 aliphatic carbocycles. The van der Waals surface area contributed by atoms with Gasteiger partial charge in [-0.1, -0.05) is 270 Å². The van der Waals surface area contributed by atoms with E-state index in [1.807, 2.05) is 0 Å². The standard InChI is InChI=1S/C70H114O6/c1-4-7-10-13-16-19-22-24-25-26-27-28-29-30-31-32-33-34-35-36-37-38-39-40-41-42-43-44-45-47-48-51-54-57-60-63-69(72)75-66-67(65-74-68(71)62-59-56-53-50-21-18-15-12-9-6-3)76-70(73)64-61-58-55-52-49-46-23-20-17-14-11-8-5-2/h7,10,12,15-16,19,24-25,27-28,30-31,33-34,36-37,39-40,42-43,45,47,67H,4-6,8-9,11,13-14,17-18,20-23,26,29,32,35,38,41,44,46,48-66H2,1-3H3/b10-7-,15-12-,19-16-,25-24-,28-27-,31-30-,34-33-,37-36-,40-39-,43-42-,47-45-. The molecule has 0 aliphatic rings. The summed E-state index contributed by atoms with van der Waals surface area (Å²) in [7, 11) is 0. The monoisotopic (exact) mass is 1050 g/mol. The normalized spacial score (nSPS) is 13.0. The highest BCUT2D eigenvalue weighted by Crippen LogP contribution is 2.15. The molecule has 0 amide bonds. The fourth-order valence-electron chi connectivity index (χ4n) is 8.24. The van der Waals surface area contributed by atoms with Crippen LogP contribution in [-0.2, 0) is 28.6 Å². The van der Waals surface area contributed by atoms with Gasteiger partial charge >= 0.3 is 17.9 Å². The molecule has 0 bridgehead atoms. The van der Waals surface area contributed by atoms with Crippen LogP contribution in [-0.4, -0.2) is 37.2 Å². The molecule has 76 heavy (non-hydrogen) atoms. The number of carbonyl (C=O) groups excluding carboxylic acids is 3. The van der Waals surface area contributed by atoms with Crippen LogP contribution in [0, 0.1) is 0 Å². The Hall–Kier alpha value is -4.45. The van der Waals surface area contributed by atoms with E-state index in [2.05, 4.69) is 154 Å². The number of esters is 3. The first-order valence-electron chi connectivity index (χ1n) is 31.2. The van der Waals surface area contributed by atoms with Gasteiger partial charge in [-0.25, -0.2) is 0 Å². The molecule has 6 nitrogen and oxygen atoms in total. The Bertz CT molecular complexity index is 1630. The Labute approximate surface area is 468 Å². The second-order valence-electron chi connectivity index (χ2n) is 20.2. The minimum absolute atomic E-state index is 0.0912. The third-order valence-electron chi connectivity index (χ3n) is 12.9. The van der Waals surface area contributed by atoms with Crippen LogP contribution in [0.2, 0.25) is 0 Å². The second-order valence-corrected chi connectivity index (χ2v) is 20.2. The van der Waals surface area contributed by atoms with Crippen molar-refractivity contribution < 1.29 is 28.6 Å². The zero-order chi connectivity index (χ0) is 55.0. The molecule has 0 N–H and O–H groups in total. The van der Waals surface area contributed by atoms with Crippen molar-refractivity contribution in [3.8, 4) is 0 Å². The first kappa shape index (κ1) is 71.5. The van der Waals surface area contributed by atoms with E-state index in [9.17, 15) is 14.4 Å². The molecule has 0 aromatic rings. The predicted octanol–water partition coefficient (Wildman–Crippen LogP) is 21.4. The van der Waals surface area contributed by atoms with Crippen molar-refractivity contribution in [1.29, 1.82) is 0 Å². The van der Waals surface area contributed by atoms with Gasteiger partial charge in [0.2, 0.25) is 0 Å². The number of unbranched alkanes of at least 4 members (excludes halogenated alkanes) is 22. The topological polar surface area (TPSA) is 78.9 Å². The lowest BCUT2D eigenvalue weighted by atomic mass is 10.0. The van der Waals surface area contributed by atoms with Crippen LogP contribution in [0.1, 0.15) is 271 Å². The lowest BCUT2D eigenvalue weighted by molar-refractivity contribution is -0.167. The van der Waals surface area contributed by atoms with E-state index in [4.69, 9.17) is 14.2 Å². The van der Waals surface area contributed by atoms with E-state index in [0.717, 1.165) is 154 Å².